The van der Waals surface area contributed by atoms with Gasteiger partial charge in [0.25, 0.3) is 5.91 Å². The minimum absolute atomic E-state index is 0.0809. The number of anilines is 1. The summed E-state index contributed by atoms with van der Waals surface area (Å²) < 4.78 is 23.0. The molecule has 2 N–H and O–H groups in total. The summed E-state index contributed by atoms with van der Waals surface area (Å²) in [6.07, 6.45) is 6.79. The molecule has 0 bridgehead atoms. The normalized spacial score (nSPS) is 14.6. The second-order valence-electron chi connectivity index (χ2n) is 7.20. The Balaban J connectivity index is 2.08. The van der Waals surface area contributed by atoms with Crippen LogP contribution < -0.4 is 10.6 Å². The lowest BCUT2D eigenvalue weighted by Crippen LogP contribution is -2.38. The van der Waals surface area contributed by atoms with Crippen molar-refractivity contribution in [2.45, 2.75) is 32.7 Å². The highest BCUT2D eigenvalue weighted by Crippen LogP contribution is 2.24. The van der Waals surface area contributed by atoms with E-state index in [1.165, 1.54) is 6.08 Å². The number of dihydropyridines is 1. The largest absolute Gasteiger partial charge is 0.372 e. The van der Waals surface area contributed by atoms with Gasteiger partial charge in [-0.1, -0.05) is 30.7 Å². The van der Waals surface area contributed by atoms with Crippen molar-refractivity contribution in [3.05, 3.63) is 64.2 Å². The number of sulfone groups is 1. The number of amides is 2. The molecular weight excluding hydrogens is 438 g/mol. The topological polar surface area (TPSA) is 95.6 Å². The molecule has 0 aromatic heterocycles. The van der Waals surface area contributed by atoms with E-state index < -0.39 is 9.84 Å². The number of nitrogens with one attached hydrogen (secondary N) is 2. The smallest absolute Gasteiger partial charge is 0.255 e. The van der Waals surface area contributed by atoms with Gasteiger partial charge >= 0.3 is 0 Å². The molecule has 1 aromatic carbocycles. The number of likely N-dealkylation sites (N-methyl/N-ethyl adjacent to an activating group) is 1. The van der Waals surface area contributed by atoms with Gasteiger partial charge in [-0.3, -0.25) is 9.59 Å². The van der Waals surface area contributed by atoms with Crippen LogP contribution in [0.3, 0.4) is 0 Å². The molecule has 9 heteroatoms. The minimum atomic E-state index is -3.31. The zero-order valence-corrected chi connectivity index (χ0v) is 19.5. The van der Waals surface area contributed by atoms with Gasteiger partial charge in [0.15, 0.2) is 9.84 Å². The molecule has 1 atom stereocenters. The number of carbonyl (C=O) groups is 2. The van der Waals surface area contributed by atoms with Crippen LogP contribution in [-0.2, 0) is 14.6 Å². The molecule has 168 valence electrons. The maximum Gasteiger partial charge on any atom is 0.255 e. The number of allylic oxidation sites excluding steroid dienone is 2. The van der Waals surface area contributed by atoms with Crippen molar-refractivity contribution in [3.8, 4) is 0 Å². The molecule has 1 aliphatic heterocycles. The van der Waals surface area contributed by atoms with Gasteiger partial charge in [-0.2, -0.15) is 0 Å². The van der Waals surface area contributed by atoms with Crippen LogP contribution in [0.25, 0.3) is 0 Å². The van der Waals surface area contributed by atoms with Gasteiger partial charge in [-0.05, 0) is 43.2 Å². The Morgan fingerprint density at radius 2 is 2.03 bits per heavy atom. The molecule has 0 saturated heterocycles. The Morgan fingerprint density at radius 1 is 1.32 bits per heavy atom. The predicted octanol–water partition coefficient (Wildman–Crippen LogP) is 3.51. The average molecular weight is 466 g/mol. The highest BCUT2D eigenvalue weighted by Gasteiger charge is 2.22. The first-order valence-electron chi connectivity index (χ1n) is 9.97. The molecular formula is C22H28ClN3O4S. The van der Waals surface area contributed by atoms with Crippen molar-refractivity contribution in [3.63, 3.8) is 0 Å². The maximum absolute atomic E-state index is 12.9. The van der Waals surface area contributed by atoms with Crippen LogP contribution in [-0.4, -0.2) is 50.5 Å². The number of benzene rings is 1. The highest BCUT2D eigenvalue weighted by atomic mass is 35.5. The molecule has 1 unspecified atom stereocenters. The number of rotatable bonds is 9. The molecule has 7 nitrogen and oxygen atoms in total. The van der Waals surface area contributed by atoms with E-state index >= 15 is 0 Å². The van der Waals surface area contributed by atoms with Crippen molar-refractivity contribution >= 4 is 38.9 Å². The zero-order chi connectivity index (χ0) is 23.2. The second kappa shape index (κ2) is 10.6. The molecule has 0 fully saturated rings. The Hall–Kier alpha value is -2.58. The lowest BCUT2D eigenvalue weighted by atomic mass is 10.1. The van der Waals surface area contributed by atoms with Crippen LogP contribution in [0, 0.1) is 0 Å². The van der Waals surface area contributed by atoms with Crippen LogP contribution in [0.5, 0.6) is 0 Å². The van der Waals surface area contributed by atoms with Gasteiger partial charge in [0.05, 0.1) is 10.6 Å². The summed E-state index contributed by atoms with van der Waals surface area (Å²) in [5.41, 5.74) is 1.58. The van der Waals surface area contributed by atoms with Gasteiger partial charge in [-0.15, -0.1) is 6.58 Å². The quantitative estimate of drug-likeness (QED) is 0.544. The fourth-order valence-electron chi connectivity index (χ4n) is 3.26. The summed E-state index contributed by atoms with van der Waals surface area (Å²) in [5.74, 6) is -0.462. The molecule has 2 rings (SSSR count). The second-order valence-corrected chi connectivity index (χ2v) is 9.59. The van der Waals surface area contributed by atoms with Crippen LogP contribution in [0.2, 0.25) is 5.02 Å². The first kappa shape index (κ1) is 24.7. The fraction of sp³-hybridized carbons (Fsp3) is 0.364. The summed E-state index contributed by atoms with van der Waals surface area (Å²) in [7, 11) is -3.31. The highest BCUT2D eigenvalue weighted by molar-refractivity contribution is 7.94. The molecule has 0 saturated carbocycles. The monoisotopic (exact) mass is 465 g/mol. The van der Waals surface area contributed by atoms with Crippen molar-refractivity contribution in [1.29, 1.82) is 0 Å². The minimum Gasteiger partial charge on any atom is -0.372 e. The number of halogens is 1. The van der Waals surface area contributed by atoms with E-state index in [0.717, 1.165) is 18.2 Å². The van der Waals surface area contributed by atoms with Crippen LogP contribution in [0.1, 0.15) is 37.0 Å². The third kappa shape index (κ3) is 6.45. The van der Waals surface area contributed by atoms with E-state index in [-0.39, 0.29) is 40.9 Å². The Kier molecular flexibility index (Phi) is 8.47. The SMILES string of the molecule is C=CC(CC)N(CC)C(=O)c1ccc(NC(=O)CC2=CC=C(S(C)(=O)=O)NC2)cc1Cl. The summed E-state index contributed by atoms with van der Waals surface area (Å²) >= 11 is 6.34. The third-order valence-electron chi connectivity index (χ3n) is 4.92. The van der Waals surface area contributed by atoms with E-state index in [0.29, 0.717) is 17.8 Å². The van der Waals surface area contributed by atoms with Gasteiger partial charge in [-0.25, -0.2) is 8.42 Å². The van der Waals surface area contributed by atoms with Crippen molar-refractivity contribution in [2.24, 2.45) is 0 Å². The van der Waals surface area contributed by atoms with E-state index in [1.54, 1.807) is 35.3 Å². The number of nitrogens with zero attached hydrogens (tertiary/aromatic N) is 1. The Bertz CT molecular complexity index is 1030. The van der Waals surface area contributed by atoms with Crippen LogP contribution in [0.4, 0.5) is 5.69 Å². The molecule has 2 amide bonds. The summed E-state index contributed by atoms with van der Waals surface area (Å²) in [4.78, 5) is 27.0. The van der Waals surface area contributed by atoms with E-state index in [4.69, 9.17) is 11.6 Å². The van der Waals surface area contributed by atoms with Crippen LogP contribution in [0.15, 0.2) is 53.6 Å². The van der Waals surface area contributed by atoms with Crippen LogP contribution >= 0.6 is 11.6 Å². The molecule has 1 aromatic rings. The fourth-order valence-corrected chi connectivity index (χ4v) is 4.17. The summed E-state index contributed by atoms with van der Waals surface area (Å²) in [6.45, 7) is 8.47. The number of hydrogen-bond acceptors (Lipinski definition) is 5. The molecule has 1 heterocycles. The van der Waals surface area contributed by atoms with Crippen molar-refractivity contribution in [2.75, 3.05) is 24.7 Å². The van der Waals surface area contributed by atoms with Crippen molar-refractivity contribution < 1.29 is 18.0 Å². The van der Waals surface area contributed by atoms with E-state index in [2.05, 4.69) is 17.2 Å². The molecule has 0 spiro atoms. The lowest BCUT2D eigenvalue weighted by molar-refractivity contribution is -0.115. The Morgan fingerprint density at radius 3 is 2.52 bits per heavy atom. The van der Waals surface area contributed by atoms with Gasteiger partial charge in [0.1, 0.15) is 5.03 Å². The third-order valence-corrected chi connectivity index (χ3v) is 6.31. The lowest BCUT2D eigenvalue weighted by Gasteiger charge is -2.28. The standard InChI is InChI=1S/C22H28ClN3O4S/c1-5-17(6-2)26(7-3)22(28)18-10-9-16(13-19(18)23)25-20(27)12-15-8-11-21(24-14-15)31(4,29)30/h5,8-11,13,17,24H,1,6-7,12,14H2,2-4H3,(H,25,27). The van der Waals surface area contributed by atoms with Gasteiger partial charge < -0.3 is 15.5 Å². The molecule has 31 heavy (non-hydrogen) atoms. The summed E-state index contributed by atoms with van der Waals surface area (Å²) in [6, 6.07) is 4.70. The van der Waals surface area contributed by atoms with Gasteiger partial charge in [0.2, 0.25) is 5.91 Å². The zero-order valence-electron chi connectivity index (χ0n) is 17.9. The van der Waals surface area contributed by atoms with E-state index in [9.17, 15) is 18.0 Å². The van der Waals surface area contributed by atoms with Crippen molar-refractivity contribution in [1.82, 2.24) is 10.2 Å². The maximum atomic E-state index is 12.9. The van der Waals surface area contributed by atoms with E-state index in [1.807, 2.05) is 13.8 Å². The van der Waals surface area contributed by atoms with Gasteiger partial charge in [0, 0.05) is 37.5 Å². The predicted molar refractivity (Wildman–Crippen MR) is 125 cm³/mol. The molecule has 0 aliphatic carbocycles. The number of hydrogen-bond donors (Lipinski definition) is 2. The number of carbonyl (C=O) groups excluding carboxylic acids is 2. The first-order valence-corrected chi connectivity index (χ1v) is 12.2. The molecule has 1 aliphatic rings. The first-order chi connectivity index (χ1) is 14.6. The average Bonchev–Trinajstić information content (AvgIpc) is 2.71. The summed E-state index contributed by atoms with van der Waals surface area (Å²) in [5, 5.41) is 5.93. The molecule has 0 radical (unpaired) electrons. The Labute approximate surface area is 188 Å².